The summed E-state index contributed by atoms with van der Waals surface area (Å²) in [6.07, 6.45) is 3.48. The van der Waals surface area contributed by atoms with Gasteiger partial charge in [0.15, 0.2) is 0 Å². The van der Waals surface area contributed by atoms with E-state index in [0.717, 1.165) is 36.2 Å². The predicted molar refractivity (Wildman–Crippen MR) is 59.2 cm³/mol. The number of hydrogen-bond donors (Lipinski definition) is 1. The van der Waals surface area contributed by atoms with E-state index in [-0.39, 0.29) is 0 Å². The monoisotopic (exact) mass is 204 g/mol. The predicted octanol–water partition coefficient (Wildman–Crippen LogP) is 1.40. The molecule has 0 aliphatic carbocycles. The molecule has 80 valence electrons. The lowest BCUT2D eigenvalue weighted by Crippen LogP contribution is -2.24. The van der Waals surface area contributed by atoms with Gasteiger partial charge in [0.05, 0.1) is 12.5 Å². The summed E-state index contributed by atoms with van der Waals surface area (Å²) in [6.45, 7) is 8.77. The Bertz CT molecular complexity index is 346. The number of furan rings is 1. The molecule has 0 bridgehead atoms. The van der Waals surface area contributed by atoms with Crippen molar-refractivity contribution in [2.75, 3.05) is 26.2 Å². The van der Waals surface area contributed by atoms with Crippen LogP contribution in [0.4, 0.5) is 0 Å². The second kappa shape index (κ2) is 3.42. The van der Waals surface area contributed by atoms with Gasteiger partial charge in [-0.25, -0.2) is 0 Å². The summed E-state index contributed by atoms with van der Waals surface area (Å²) in [7, 11) is 0. The number of nitrogens with one attached hydrogen (secondary N) is 1. The van der Waals surface area contributed by atoms with Crippen molar-refractivity contribution in [3.63, 3.8) is 0 Å². The third kappa shape index (κ3) is 1.47. The van der Waals surface area contributed by atoms with Crippen LogP contribution in [0.5, 0.6) is 0 Å². The van der Waals surface area contributed by atoms with Gasteiger partial charge >= 0.3 is 0 Å². The minimum Gasteiger partial charge on any atom is -0.472 e. The molecule has 2 aliphatic heterocycles. The minimum atomic E-state index is 0.814. The molecule has 2 fully saturated rings. The SMILES string of the molecule is C=C(c1ccoc1)N1CC2CNCC2C1. The van der Waals surface area contributed by atoms with Gasteiger partial charge < -0.3 is 14.6 Å². The van der Waals surface area contributed by atoms with Gasteiger partial charge in [0.25, 0.3) is 0 Å². The van der Waals surface area contributed by atoms with Crippen molar-refractivity contribution in [3.8, 4) is 0 Å². The van der Waals surface area contributed by atoms with E-state index in [0.29, 0.717) is 0 Å². The topological polar surface area (TPSA) is 28.4 Å². The zero-order chi connectivity index (χ0) is 10.3. The number of likely N-dealkylation sites (tertiary alicyclic amines) is 1. The lowest BCUT2D eigenvalue weighted by Gasteiger charge is -2.21. The second-order valence-corrected chi connectivity index (χ2v) is 4.54. The maximum Gasteiger partial charge on any atom is 0.0995 e. The molecule has 0 saturated carbocycles. The van der Waals surface area contributed by atoms with E-state index in [1.165, 1.54) is 13.1 Å². The van der Waals surface area contributed by atoms with Crippen LogP contribution in [0.25, 0.3) is 5.70 Å². The largest absolute Gasteiger partial charge is 0.472 e. The zero-order valence-corrected chi connectivity index (χ0v) is 8.78. The Morgan fingerprint density at radius 2 is 2.13 bits per heavy atom. The van der Waals surface area contributed by atoms with E-state index in [4.69, 9.17) is 4.42 Å². The first kappa shape index (κ1) is 9.04. The van der Waals surface area contributed by atoms with Crippen molar-refractivity contribution < 1.29 is 4.42 Å². The van der Waals surface area contributed by atoms with E-state index < -0.39 is 0 Å². The molecular weight excluding hydrogens is 188 g/mol. The van der Waals surface area contributed by atoms with Gasteiger partial charge in [-0.15, -0.1) is 0 Å². The van der Waals surface area contributed by atoms with Crippen LogP contribution >= 0.6 is 0 Å². The average Bonchev–Trinajstić information content (AvgIpc) is 2.92. The second-order valence-electron chi connectivity index (χ2n) is 4.54. The summed E-state index contributed by atoms with van der Waals surface area (Å²) in [4.78, 5) is 2.39. The van der Waals surface area contributed by atoms with Crippen molar-refractivity contribution in [2.24, 2.45) is 11.8 Å². The number of hydrogen-bond acceptors (Lipinski definition) is 3. The van der Waals surface area contributed by atoms with E-state index in [9.17, 15) is 0 Å². The third-order valence-electron chi connectivity index (χ3n) is 3.63. The van der Waals surface area contributed by atoms with Crippen molar-refractivity contribution in [2.45, 2.75) is 0 Å². The van der Waals surface area contributed by atoms with Crippen molar-refractivity contribution >= 4 is 5.70 Å². The van der Waals surface area contributed by atoms with Gasteiger partial charge in [-0.2, -0.15) is 0 Å². The van der Waals surface area contributed by atoms with Gasteiger partial charge in [0, 0.05) is 37.4 Å². The van der Waals surface area contributed by atoms with E-state index in [2.05, 4.69) is 16.8 Å². The smallest absolute Gasteiger partial charge is 0.0995 e. The Morgan fingerprint density at radius 1 is 1.40 bits per heavy atom. The first-order valence-corrected chi connectivity index (χ1v) is 5.52. The van der Waals surface area contributed by atoms with Gasteiger partial charge in [-0.1, -0.05) is 6.58 Å². The Balaban J connectivity index is 1.72. The summed E-state index contributed by atoms with van der Waals surface area (Å²) >= 11 is 0. The van der Waals surface area contributed by atoms with Crippen LogP contribution < -0.4 is 5.32 Å². The zero-order valence-electron chi connectivity index (χ0n) is 8.78. The van der Waals surface area contributed by atoms with Crippen LogP contribution in [0.15, 0.2) is 29.6 Å². The molecule has 3 heteroatoms. The summed E-state index contributed by atoms with van der Waals surface area (Å²) in [5.41, 5.74) is 2.22. The maximum absolute atomic E-state index is 5.09. The molecule has 1 N–H and O–H groups in total. The summed E-state index contributed by atoms with van der Waals surface area (Å²) < 4.78 is 5.09. The van der Waals surface area contributed by atoms with Gasteiger partial charge in [-0.3, -0.25) is 0 Å². The van der Waals surface area contributed by atoms with Crippen LogP contribution in [0.3, 0.4) is 0 Å². The molecule has 0 amide bonds. The van der Waals surface area contributed by atoms with Crippen LogP contribution in [0, 0.1) is 11.8 Å². The van der Waals surface area contributed by atoms with Crippen molar-refractivity contribution in [3.05, 3.63) is 30.7 Å². The normalized spacial score (nSPS) is 29.5. The highest BCUT2D eigenvalue weighted by Crippen LogP contribution is 2.31. The van der Waals surface area contributed by atoms with Crippen LogP contribution in [0.2, 0.25) is 0 Å². The first-order chi connectivity index (χ1) is 7.34. The lowest BCUT2D eigenvalue weighted by atomic mass is 10.0. The molecule has 3 heterocycles. The molecule has 3 nitrogen and oxygen atoms in total. The summed E-state index contributed by atoms with van der Waals surface area (Å²) in [5, 5.41) is 3.44. The molecule has 2 aliphatic rings. The van der Waals surface area contributed by atoms with Gasteiger partial charge in [0.2, 0.25) is 0 Å². The molecule has 2 saturated heterocycles. The van der Waals surface area contributed by atoms with E-state index in [1.54, 1.807) is 12.5 Å². The summed E-state index contributed by atoms with van der Waals surface area (Å²) in [5.74, 6) is 1.63. The molecule has 2 atom stereocenters. The lowest BCUT2D eigenvalue weighted by molar-refractivity contribution is 0.446. The standard InChI is InChI=1S/C12H16N2O/c1-9(10-2-3-15-8-10)14-6-11-4-13-5-12(11)7-14/h2-3,8,11-13H,1,4-7H2. The number of fused-ring (bicyclic) bond motifs is 1. The number of nitrogens with zero attached hydrogens (tertiary/aromatic N) is 1. The van der Waals surface area contributed by atoms with Crippen molar-refractivity contribution in [1.82, 2.24) is 10.2 Å². The fourth-order valence-corrected chi connectivity index (χ4v) is 2.69. The van der Waals surface area contributed by atoms with Gasteiger partial charge in [0.1, 0.15) is 0 Å². The van der Waals surface area contributed by atoms with Crippen LogP contribution in [-0.4, -0.2) is 31.1 Å². The van der Waals surface area contributed by atoms with Crippen LogP contribution in [0.1, 0.15) is 5.56 Å². The molecule has 15 heavy (non-hydrogen) atoms. The third-order valence-corrected chi connectivity index (χ3v) is 3.63. The Labute approximate surface area is 89.8 Å². The van der Waals surface area contributed by atoms with Crippen LogP contribution in [-0.2, 0) is 0 Å². The first-order valence-electron chi connectivity index (χ1n) is 5.52. The number of rotatable bonds is 2. The van der Waals surface area contributed by atoms with E-state index >= 15 is 0 Å². The Hall–Kier alpha value is -1.22. The molecule has 2 unspecified atom stereocenters. The van der Waals surface area contributed by atoms with Gasteiger partial charge in [-0.05, 0) is 17.9 Å². The highest BCUT2D eigenvalue weighted by molar-refractivity contribution is 5.61. The molecule has 1 aromatic rings. The molecule has 0 radical (unpaired) electrons. The molecular formula is C12H16N2O. The quantitative estimate of drug-likeness (QED) is 0.789. The molecule has 3 rings (SSSR count). The van der Waals surface area contributed by atoms with Crippen molar-refractivity contribution in [1.29, 1.82) is 0 Å². The Morgan fingerprint density at radius 3 is 2.73 bits per heavy atom. The molecule has 1 aromatic heterocycles. The average molecular weight is 204 g/mol. The highest BCUT2D eigenvalue weighted by atomic mass is 16.3. The summed E-state index contributed by atoms with van der Waals surface area (Å²) in [6, 6.07) is 1.98. The Kier molecular flexibility index (Phi) is 2.06. The molecule has 0 spiro atoms. The minimum absolute atomic E-state index is 0.814. The fraction of sp³-hybridized carbons (Fsp3) is 0.500. The maximum atomic E-state index is 5.09. The van der Waals surface area contributed by atoms with E-state index in [1.807, 2.05) is 6.07 Å². The molecule has 0 aromatic carbocycles. The fourth-order valence-electron chi connectivity index (χ4n) is 2.69. The highest BCUT2D eigenvalue weighted by Gasteiger charge is 2.36.